The van der Waals surface area contributed by atoms with Crippen molar-refractivity contribution in [2.45, 2.75) is 13.0 Å². The molecule has 0 spiro atoms. The van der Waals surface area contributed by atoms with E-state index in [4.69, 9.17) is 9.47 Å². The number of hydrogen-bond acceptors (Lipinski definition) is 6. The van der Waals surface area contributed by atoms with Crippen molar-refractivity contribution in [3.05, 3.63) is 65.7 Å². The van der Waals surface area contributed by atoms with Crippen LogP contribution >= 0.6 is 0 Å². The average molecular weight is 354 g/mol. The van der Waals surface area contributed by atoms with Gasteiger partial charge < -0.3 is 14.6 Å². The van der Waals surface area contributed by atoms with E-state index in [1.807, 2.05) is 0 Å². The molecule has 1 aromatic carbocycles. The first-order valence-electron chi connectivity index (χ1n) is 8.07. The number of ether oxygens (including phenoxy) is 2. The van der Waals surface area contributed by atoms with Crippen molar-refractivity contribution in [1.82, 2.24) is 4.98 Å². The van der Waals surface area contributed by atoms with Gasteiger partial charge in [0.15, 0.2) is 5.76 Å². The molecule has 2 aromatic rings. The predicted molar refractivity (Wildman–Crippen MR) is 93.7 cm³/mol. The highest BCUT2D eigenvalue weighted by Gasteiger charge is 2.46. The van der Waals surface area contributed by atoms with Crippen LogP contribution in [0.1, 0.15) is 18.7 Å². The Hall–Kier alpha value is -3.35. The van der Waals surface area contributed by atoms with E-state index in [-0.39, 0.29) is 12.2 Å². The molecule has 0 bridgehead atoms. The number of nitrogens with zero attached hydrogens (tertiary/aromatic N) is 2. The van der Waals surface area contributed by atoms with E-state index in [1.54, 1.807) is 55.6 Å². The number of pyridine rings is 1. The number of para-hydroxylation sites is 2. The molecule has 134 valence electrons. The van der Waals surface area contributed by atoms with E-state index in [9.17, 15) is 14.7 Å². The van der Waals surface area contributed by atoms with Gasteiger partial charge in [0, 0.05) is 6.20 Å². The maximum atomic E-state index is 12.8. The number of benzene rings is 1. The lowest BCUT2D eigenvalue weighted by atomic mass is 10.0. The van der Waals surface area contributed by atoms with Gasteiger partial charge in [0.25, 0.3) is 5.91 Å². The van der Waals surface area contributed by atoms with Crippen molar-refractivity contribution in [3.63, 3.8) is 0 Å². The van der Waals surface area contributed by atoms with Crippen LogP contribution in [-0.2, 0) is 14.3 Å². The first-order chi connectivity index (χ1) is 12.6. The summed E-state index contributed by atoms with van der Waals surface area (Å²) in [6.07, 6.45) is 1.55. The third-order valence-corrected chi connectivity index (χ3v) is 4.02. The summed E-state index contributed by atoms with van der Waals surface area (Å²) < 4.78 is 10.4. The van der Waals surface area contributed by atoms with E-state index in [1.165, 1.54) is 12.0 Å². The van der Waals surface area contributed by atoms with Crippen molar-refractivity contribution in [2.75, 3.05) is 18.6 Å². The van der Waals surface area contributed by atoms with E-state index < -0.39 is 23.7 Å². The third-order valence-electron chi connectivity index (χ3n) is 4.02. The van der Waals surface area contributed by atoms with Crippen molar-refractivity contribution in [3.8, 4) is 5.75 Å². The molecular formula is C19H18N2O5. The maximum Gasteiger partial charge on any atom is 0.340 e. The minimum Gasteiger partial charge on any atom is -0.503 e. The number of carbonyl (C=O) groups excluding carboxylic acids is 2. The standard InChI is InChI=1S/C19H18N2O5/c1-3-26-19(24)15-16(12-8-6-7-11-20-12)21(18(23)17(15)22)13-9-4-5-10-14(13)25-2/h4-11,16,22H,3H2,1-2H3. The number of rotatable bonds is 5. The molecule has 2 heterocycles. The summed E-state index contributed by atoms with van der Waals surface area (Å²) in [5, 5.41) is 10.4. The second-order valence-corrected chi connectivity index (χ2v) is 5.49. The van der Waals surface area contributed by atoms with Gasteiger partial charge in [-0.25, -0.2) is 4.79 Å². The van der Waals surface area contributed by atoms with E-state index in [0.29, 0.717) is 17.1 Å². The molecule has 7 nitrogen and oxygen atoms in total. The highest BCUT2D eigenvalue weighted by molar-refractivity contribution is 6.15. The lowest BCUT2D eigenvalue weighted by Gasteiger charge is -2.27. The molecule has 0 aliphatic carbocycles. The van der Waals surface area contributed by atoms with Gasteiger partial charge in [0.2, 0.25) is 0 Å². The van der Waals surface area contributed by atoms with Gasteiger partial charge in [-0.3, -0.25) is 14.7 Å². The smallest absolute Gasteiger partial charge is 0.340 e. The van der Waals surface area contributed by atoms with Crippen LogP contribution in [0.15, 0.2) is 60.0 Å². The Morgan fingerprint density at radius 3 is 2.62 bits per heavy atom. The second-order valence-electron chi connectivity index (χ2n) is 5.49. The van der Waals surface area contributed by atoms with Crippen LogP contribution in [0.2, 0.25) is 0 Å². The fourth-order valence-corrected chi connectivity index (χ4v) is 2.92. The Morgan fingerprint density at radius 2 is 1.96 bits per heavy atom. The van der Waals surface area contributed by atoms with Crippen molar-refractivity contribution >= 4 is 17.6 Å². The van der Waals surface area contributed by atoms with Crippen molar-refractivity contribution < 1.29 is 24.2 Å². The zero-order valence-corrected chi connectivity index (χ0v) is 14.4. The highest BCUT2D eigenvalue weighted by atomic mass is 16.5. The van der Waals surface area contributed by atoms with Gasteiger partial charge >= 0.3 is 5.97 Å². The topological polar surface area (TPSA) is 89.0 Å². The molecule has 1 amide bonds. The maximum absolute atomic E-state index is 12.8. The van der Waals surface area contributed by atoms with Gasteiger partial charge in [-0.05, 0) is 31.2 Å². The summed E-state index contributed by atoms with van der Waals surface area (Å²) in [6, 6.07) is 11.1. The Bertz CT molecular complexity index is 863. The molecule has 1 aliphatic heterocycles. The van der Waals surface area contributed by atoms with Gasteiger partial charge in [-0.15, -0.1) is 0 Å². The summed E-state index contributed by atoms with van der Waals surface area (Å²) in [6.45, 7) is 1.77. The molecule has 1 unspecified atom stereocenters. The zero-order valence-electron chi connectivity index (χ0n) is 14.4. The van der Waals surface area contributed by atoms with Gasteiger partial charge in [-0.1, -0.05) is 18.2 Å². The first kappa shape index (κ1) is 17.5. The van der Waals surface area contributed by atoms with Gasteiger partial charge in [0.05, 0.1) is 25.1 Å². The molecule has 3 rings (SSSR count). The Morgan fingerprint density at radius 1 is 1.23 bits per heavy atom. The van der Waals surface area contributed by atoms with Crippen LogP contribution in [0.4, 0.5) is 5.69 Å². The number of aliphatic hydroxyl groups is 1. The fraction of sp³-hybridized carbons (Fsp3) is 0.211. The van der Waals surface area contributed by atoms with E-state index in [2.05, 4.69) is 4.98 Å². The number of aliphatic hydroxyl groups excluding tert-OH is 1. The predicted octanol–water partition coefficient (Wildman–Crippen LogP) is 2.55. The summed E-state index contributed by atoms with van der Waals surface area (Å²) in [4.78, 5) is 30.8. The monoisotopic (exact) mass is 354 g/mol. The molecule has 0 saturated carbocycles. The number of hydrogen-bond donors (Lipinski definition) is 1. The van der Waals surface area contributed by atoms with E-state index in [0.717, 1.165) is 0 Å². The summed E-state index contributed by atoms with van der Waals surface area (Å²) in [5.41, 5.74) is 0.710. The minimum absolute atomic E-state index is 0.118. The molecule has 0 saturated heterocycles. The highest BCUT2D eigenvalue weighted by Crippen LogP contribution is 2.43. The molecule has 1 N–H and O–H groups in total. The number of carbonyl (C=O) groups is 2. The molecule has 7 heteroatoms. The van der Waals surface area contributed by atoms with Crippen LogP contribution in [0.3, 0.4) is 0 Å². The summed E-state index contributed by atoms with van der Waals surface area (Å²) >= 11 is 0. The van der Waals surface area contributed by atoms with Crippen LogP contribution < -0.4 is 9.64 Å². The Kier molecular flexibility index (Phi) is 4.88. The number of amides is 1. The Labute approximate surface area is 150 Å². The number of anilines is 1. The molecule has 0 radical (unpaired) electrons. The van der Waals surface area contributed by atoms with Crippen molar-refractivity contribution in [2.24, 2.45) is 0 Å². The lowest BCUT2D eigenvalue weighted by molar-refractivity contribution is -0.139. The SMILES string of the molecule is CCOC(=O)C1=C(O)C(=O)N(c2ccccc2OC)C1c1ccccn1. The summed E-state index contributed by atoms with van der Waals surface area (Å²) in [5.74, 6) is -1.69. The molecule has 1 aliphatic rings. The normalized spacial score (nSPS) is 16.8. The van der Waals surface area contributed by atoms with Crippen LogP contribution in [-0.4, -0.2) is 35.7 Å². The quantitative estimate of drug-likeness (QED) is 0.830. The lowest BCUT2D eigenvalue weighted by Crippen LogP contribution is -2.32. The number of methoxy groups -OCH3 is 1. The first-order valence-corrected chi connectivity index (χ1v) is 8.07. The molecule has 1 atom stereocenters. The van der Waals surface area contributed by atoms with Gasteiger partial charge in [-0.2, -0.15) is 0 Å². The van der Waals surface area contributed by atoms with Crippen molar-refractivity contribution in [1.29, 1.82) is 0 Å². The van der Waals surface area contributed by atoms with Crippen LogP contribution in [0.25, 0.3) is 0 Å². The number of esters is 1. The molecule has 1 aromatic heterocycles. The zero-order chi connectivity index (χ0) is 18.7. The minimum atomic E-state index is -0.918. The summed E-state index contributed by atoms with van der Waals surface area (Å²) in [7, 11) is 1.48. The second kappa shape index (κ2) is 7.26. The van der Waals surface area contributed by atoms with Gasteiger partial charge in [0.1, 0.15) is 17.4 Å². The third kappa shape index (κ3) is 2.88. The fourth-order valence-electron chi connectivity index (χ4n) is 2.92. The molecular weight excluding hydrogens is 336 g/mol. The molecule has 26 heavy (non-hydrogen) atoms. The average Bonchev–Trinajstić information content (AvgIpc) is 2.94. The molecule has 0 fully saturated rings. The van der Waals surface area contributed by atoms with Crippen LogP contribution in [0.5, 0.6) is 5.75 Å². The van der Waals surface area contributed by atoms with Crippen LogP contribution in [0, 0.1) is 0 Å². The largest absolute Gasteiger partial charge is 0.503 e. The number of aromatic nitrogens is 1. The van der Waals surface area contributed by atoms with E-state index >= 15 is 0 Å². The Balaban J connectivity index is 2.18.